The van der Waals surface area contributed by atoms with E-state index < -0.39 is 0 Å². The fourth-order valence-corrected chi connectivity index (χ4v) is 0.811. The van der Waals surface area contributed by atoms with Crippen LogP contribution >= 0.6 is 0 Å². The van der Waals surface area contributed by atoms with Crippen molar-refractivity contribution >= 4 is 5.69 Å². The van der Waals surface area contributed by atoms with Gasteiger partial charge in [-0.2, -0.15) is 0 Å². The molecule has 0 amide bonds. The average Bonchev–Trinajstić information content (AvgIpc) is 1.95. The number of benzene rings is 1. The van der Waals surface area contributed by atoms with Crippen LogP contribution in [0.25, 0.3) is 0 Å². The summed E-state index contributed by atoms with van der Waals surface area (Å²) in [6, 6.07) is 5.70. The number of hydrogen-bond acceptors (Lipinski definition) is 2. The van der Waals surface area contributed by atoms with Crippen LogP contribution in [0.15, 0.2) is 18.2 Å². The Labute approximate surface area is 60.5 Å². The van der Waals surface area contributed by atoms with Crippen LogP contribution in [0.4, 0.5) is 5.69 Å². The molecule has 0 atom stereocenters. The first kappa shape index (κ1) is 7.09. The van der Waals surface area contributed by atoms with E-state index in [4.69, 9.17) is 5.21 Å². The van der Waals surface area contributed by atoms with Gasteiger partial charge in [0.05, 0.1) is 5.69 Å². The highest BCUT2D eigenvalue weighted by Crippen LogP contribution is 2.12. The highest BCUT2D eigenvalue weighted by Gasteiger charge is 1.92. The SMILES string of the molecule is Cc1ccc(NO)cc1C. The van der Waals surface area contributed by atoms with E-state index in [1.54, 1.807) is 0 Å². The Morgan fingerprint density at radius 3 is 2.40 bits per heavy atom. The molecule has 54 valence electrons. The van der Waals surface area contributed by atoms with Gasteiger partial charge in [0.2, 0.25) is 0 Å². The average molecular weight is 137 g/mol. The molecule has 2 nitrogen and oxygen atoms in total. The lowest BCUT2D eigenvalue weighted by molar-refractivity contribution is 0.389. The van der Waals surface area contributed by atoms with Crippen LogP contribution in [0.2, 0.25) is 0 Å². The van der Waals surface area contributed by atoms with Gasteiger partial charge < -0.3 is 0 Å². The van der Waals surface area contributed by atoms with Crippen molar-refractivity contribution in [3.63, 3.8) is 0 Å². The van der Waals surface area contributed by atoms with E-state index in [-0.39, 0.29) is 0 Å². The maximum atomic E-state index is 8.50. The third-order valence-corrected chi connectivity index (χ3v) is 1.64. The zero-order valence-corrected chi connectivity index (χ0v) is 6.18. The molecule has 0 spiro atoms. The van der Waals surface area contributed by atoms with Crippen molar-refractivity contribution in [2.24, 2.45) is 0 Å². The number of hydrogen-bond donors (Lipinski definition) is 2. The molecule has 0 saturated heterocycles. The van der Waals surface area contributed by atoms with Crippen molar-refractivity contribution in [3.05, 3.63) is 29.3 Å². The topological polar surface area (TPSA) is 32.3 Å². The Balaban J connectivity index is 3.04. The van der Waals surface area contributed by atoms with Gasteiger partial charge in [-0.25, -0.2) is 0 Å². The summed E-state index contributed by atoms with van der Waals surface area (Å²) in [5, 5.41) is 8.50. The number of rotatable bonds is 1. The van der Waals surface area contributed by atoms with Crippen LogP contribution < -0.4 is 5.48 Å². The van der Waals surface area contributed by atoms with Gasteiger partial charge in [-0.05, 0) is 37.1 Å². The Kier molecular flexibility index (Phi) is 1.92. The molecule has 0 heterocycles. The standard InChI is InChI=1S/C8H11NO/c1-6-3-4-8(9-10)5-7(6)2/h3-5,9-10H,1-2H3. The summed E-state index contributed by atoms with van der Waals surface area (Å²) < 4.78 is 0. The molecule has 2 heteroatoms. The van der Waals surface area contributed by atoms with Gasteiger partial charge >= 0.3 is 0 Å². The molecule has 0 aliphatic carbocycles. The van der Waals surface area contributed by atoms with Gasteiger partial charge in [-0.1, -0.05) is 6.07 Å². The summed E-state index contributed by atoms with van der Waals surface area (Å²) in [7, 11) is 0. The molecule has 0 radical (unpaired) electrons. The summed E-state index contributed by atoms with van der Waals surface area (Å²) >= 11 is 0. The van der Waals surface area contributed by atoms with Crippen molar-refractivity contribution in [2.75, 3.05) is 5.48 Å². The Hall–Kier alpha value is -1.02. The number of aryl methyl sites for hydroxylation is 2. The summed E-state index contributed by atoms with van der Waals surface area (Å²) in [6.07, 6.45) is 0. The molecule has 1 aromatic carbocycles. The van der Waals surface area contributed by atoms with Crippen molar-refractivity contribution in [1.82, 2.24) is 0 Å². The molecule has 0 aliphatic rings. The Morgan fingerprint density at radius 2 is 1.90 bits per heavy atom. The van der Waals surface area contributed by atoms with E-state index in [0.29, 0.717) is 0 Å². The molecule has 1 aromatic rings. The van der Waals surface area contributed by atoms with Crippen molar-refractivity contribution in [3.8, 4) is 0 Å². The van der Waals surface area contributed by atoms with Gasteiger partial charge in [0.25, 0.3) is 0 Å². The van der Waals surface area contributed by atoms with Crippen LogP contribution in [-0.4, -0.2) is 5.21 Å². The van der Waals surface area contributed by atoms with Crippen LogP contribution in [0, 0.1) is 13.8 Å². The first-order chi connectivity index (χ1) is 4.74. The largest absolute Gasteiger partial charge is 0.291 e. The van der Waals surface area contributed by atoms with E-state index in [1.165, 1.54) is 11.1 Å². The zero-order chi connectivity index (χ0) is 7.56. The van der Waals surface area contributed by atoms with Crippen LogP contribution in [0.5, 0.6) is 0 Å². The van der Waals surface area contributed by atoms with Crippen LogP contribution in [-0.2, 0) is 0 Å². The van der Waals surface area contributed by atoms with E-state index in [1.807, 2.05) is 32.0 Å². The first-order valence-electron chi connectivity index (χ1n) is 3.21. The molecule has 0 unspecified atom stereocenters. The predicted octanol–water partition coefficient (Wildman–Crippen LogP) is 2.10. The minimum absolute atomic E-state index is 0.739. The van der Waals surface area contributed by atoms with Gasteiger partial charge in [0, 0.05) is 0 Å². The Morgan fingerprint density at radius 1 is 1.20 bits per heavy atom. The van der Waals surface area contributed by atoms with Crippen LogP contribution in [0.1, 0.15) is 11.1 Å². The second-order valence-corrected chi connectivity index (χ2v) is 2.41. The van der Waals surface area contributed by atoms with E-state index >= 15 is 0 Å². The second kappa shape index (κ2) is 2.71. The second-order valence-electron chi connectivity index (χ2n) is 2.41. The molecular weight excluding hydrogens is 126 g/mol. The lowest BCUT2D eigenvalue weighted by Crippen LogP contribution is -1.90. The minimum Gasteiger partial charge on any atom is -0.291 e. The van der Waals surface area contributed by atoms with Gasteiger partial charge in [0.1, 0.15) is 0 Å². The lowest BCUT2D eigenvalue weighted by Gasteiger charge is -2.01. The monoisotopic (exact) mass is 137 g/mol. The summed E-state index contributed by atoms with van der Waals surface area (Å²) in [4.78, 5) is 0. The molecule has 0 bridgehead atoms. The minimum atomic E-state index is 0.739. The molecule has 0 fully saturated rings. The van der Waals surface area contributed by atoms with Gasteiger partial charge in [0.15, 0.2) is 0 Å². The predicted molar refractivity (Wildman–Crippen MR) is 41.3 cm³/mol. The normalized spacial score (nSPS) is 9.50. The molecule has 0 aromatic heterocycles. The van der Waals surface area contributed by atoms with E-state index in [2.05, 4.69) is 5.48 Å². The van der Waals surface area contributed by atoms with Crippen LogP contribution in [0.3, 0.4) is 0 Å². The van der Waals surface area contributed by atoms with E-state index in [0.717, 1.165) is 5.69 Å². The molecule has 0 aliphatic heterocycles. The molecule has 2 N–H and O–H groups in total. The van der Waals surface area contributed by atoms with Crippen molar-refractivity contribution in [2.45, 2.75) is 13.8 Å². The third kappa shape index (κ3) is 1.28. The fourth-order valence-electron chi connectivity index (χ4n) is 0.811. The highest BCUT2D eigenvalue weighted by molar-refractivity contribution is 5.46. The highest BCUT2D eigenvalue weighted by atomic mass is 16.5. The number of anilines is 1. The van der Waals surface area contributed by atoms with Gasteiger partial charge in [-0.15, -0.1) is 0 Å². The zero-order valence-electron chi connectivity index (χ0n) is 6.18. The van der Waals surface area contributed by atoms with E-state index in [9.17, 15) is 0 Å². The molecule has 10 heavy (non-hydrogen) atoms. The quantitative estimate of drug-likeness (QED) is 0.581. The smallest absolute Gasteiger partial charge is 0.0604 e. The first-order valence-corrected chi connectivity index (χ1v) is 3.21. The summed E-state index contributed by atoms with van der Waals surface area (Å²) in [5.74, 6) is 0. The fraction of sp³-hybridized carbons (Fsp3) is 0.250. The summed E-state index contributed by atoms with van der Waals surface area (Å²) in [5.41, 5.74) is 5.25. The van der Waals surface area contributed by atoms with Gasteiger partial charge in [-0.3, -0.25) is 10.7 Å². The molecular formula is C8H11NO. The Bertz CT molecular complexity index is 233. The third-order valence-electron chi connectivity index (χ3n) is 1.64. The van der Waals surface area contributed by atoms with Crippen molar-refractivity contribution in [1.29, 1.82) is 0 Å². The van der Waals surface area contributed by atoms with Crippen molar-refractivity contribution < 1.29 is 5.21 Å². The maximum Gasteiger partial charge on any atom is 0.0604 e. The molecule has 1 rings (SSSR count). The maximum absolute atomic E-state index is 8.50. The molecule has 0 saturated carbocycles. The number of nitrogens with one attached hydrogen (secondary N) is 1. The summed E-state index contributed by atoms with van der Waals surface area (Å²) in [6.45, 7) is 4.05. The lowest BCUT2D eigenvalue weighted by atomic mass is 10.1.